The first kappa shape index (κ1) is 35.4. The monoisotopic (exact) mass is 586 g/mol. The first-order valence-corrected chi connectivity index (χ1v) is 16.7. The minimum Gasteiger partial charge on any atom is -0.376 e. The van der Waals surface area contributed by atoms with Crippen LogP contribution in [-0.4, -0.2) is 35.5 Å². The molecule has 0 radical (unpaired) electrons. The molecule has 0 spiro atoms. The van der Waals surface area contributed by atoms with Gasteiger partial charge in [-0.05, 0) is 124 Å². The van der Waals surface area contributed by atoms with Crippen molar-refractivity contribution in [2.24, 2.45) is 11.8 Å². The van der Waals surface area contributed by atoms with Crippen LogP contribution in [-0.2, 0) is 18.6 Å². The van der Waals surface area contributed by atoms with Crippen LogP contribution in [0.1, 0.15) is 109 Å². The Hall–Kier alpha value is -1.78. The van der Waals surface area contributed by atoms with Crippen molar-refractivity contribution >= 4 is 18.2 Å². The number of benzene rings is 2. The molecule has 2 aromatic carbocycles. The molecule has 0 bridgehead atoms. The van der Waals surface area contributed by atoms with E-state index in [1.807, 2.05) is 59.7 Å². The van der Waals surface area contributed by atoms with Crippen LogP contribution in [0.5, 0.6) is 0 Å². The zero-order valence-corrected chi connectivity index (χ0v) is 28.6. The van der Waals surface area contributed by atoms with Gasteiger partial charge in [0.2, 0.25) is 0 Å². The van der Waals surface area contributed by atoms with E-state index in [0.717, 1.165) is 29.5 Å². The number of carbonyl (C=O) groups excluding carboxylic acids is 1. The summed E-state index contributed by atoms with van der Waals surface area (Å²) in [5.41, 5.74) is 1.29. The summed E-state index contributed by atoms with van der Waals surface area (Å²) in [5, 5.41) is 0.412. The van der Waals surface area contributed by atoms with E-state index in [9.17, 15) is 9.36 Å². The second kappa shape index (κ2) is 14.1. The van der Waals surface area contributed by atoms with Gasteiger partial charge in [-0.25, -0.2) is 0 Å². The van der Waals surface area contributed by atoms with Gasteiger partial charge >= 0.3 is 7.37 Å². The maximum Gasteiger partial charge on any atom is 0.301 e. The molecule has 0 saturated carbocycles. The molecule has 5 nitrogen and oxygen atoms in total. The highest BCUT2D eigenvalue weighted by Crippen LogP contribution is 2.53. The predicted octanol–water partition coefficient (Wildman–Crippen LogP) is 9.20. The molecule has 0 heterocycles. The number of hydrogen-bond acceptors (Lipinski definition) is 5. The molecule has 230 valence electrons. The largest absolute Gasteiger partial charge is 0.376 e. The van der Waals surface area contributed by atoms with Gasteiger partial charge in [-0.2, -0.15) is 0 Å². The Labute approximate surface area is 250 Å². The molecule has 0 N–H and O–H groups in total. The van der Waals surface area contributed by atoms with Gasteiger partial charge in [0, 0.05) is 17.5 Å². The number of ether oxygens (including phenoxy) is 2. The van der Waals surface area contributed by atoms with E-state index in [4.69, 9.17) is 14.0 Å². The summed E-state index contributed by atoms with van der Waals surface area (Å²) in [7, 11) is -3.93. The molecule has 2 atom stereocenters. The van der Waals surface area contributed by atoms with Crippen molar-refractivity contribution in [3.8, 4) is 0 Å². The fourth-order valence-electron chi connectivity index (χ4n) is 5.78. The van der Waals surface area contributed by atoms with Crippen LogP contribution in [0.4, 0.5) is 0 Å². The lowest BCUT2D eigenvalue weighted by atomic mass is 9.79. The van der Waals surface area contributed by atoms with Crippen LogP contribution in [0.15, 0.2) is 42.5 Å². The van der Waals surface area contributed by atoms with Gasteiger partial charge < -0.3 is 14.0 Å². The second-order valence-electron chi connectivity index (χ2n) is 13.8. The molecule has 2 rings (SSSR count). The third-order valence-corrected chi connectivity index (χ3v) is 10.3. The summed E-state index contributed by atoms with van der Waals surface area (Å²) in [5.74, 6) is 0.932. The topological polar surface area (TPSA) is 61.8 Å². The van der Waals surface area contributed by atoms with E-state index >= 15 is 0 Å². The minimum atomic E-state index is -3.93. The zero-order valence-electron chi connectivity index (χ0n) is 27.7. The summed E-state index contributed by atoms with van der Waals surface area (Å²) in [4.78, 5) is 14.0. The third-order valence-electron chi connectivity index (χ3n) is 7.81. The molecular formula is C35H55O5P. The average Bonchev–Trinajstić information content (AvgIpc) is 2.82. The highest BCUT2D eigenvalue weighted by molar-refractivity contribution is 7.83. The molecule has 0 aliphatic rings. The SMILES string of the molecule is CCOC(C)(C)CC(CC(C)(C)OCCC(C)(C)OP(=O)(C(=O)c1c(C)cc(C)cc1C)c1ccccc1)C(C)C. The molecule has 0 aliphatic heterocycles. The Balaban J connectivity index is 2.22. The van der Waals surface area contributed by atoms with E-state index in [2.05, 4.69) is 41.5 Å². The maximum absolute atomic E-state index is 14.7. The highest BCUT2D eigenvalue weighted by Gasteiger charge is 2.42. The van der Waals surface area contributed by atoms with Crippen LogP contribution in [0.2, 0.25) is 0 Å². The van der Waals surface area contributed by atoms with Gasteiger partial charge in [-0.15, -0.1) is 0 Å². The number of aryl methyl sites for hydroxylation is 3. The lowest BCUT2D eigenvalue weighted by molar-refractivity contribution is -0.0732. The fourth-order valence-corrected chi connectivity index (χ4v) is 8.20. The summed E-state index contributed by atoms with van der Waals surface area (Å²) in [6, 6.07) is 12.8. The quantitative estimate of drug-likeness (QED) is 0.184. The molecule has 0 fully saturated rings. The third kappa shape index (κ3) is 10.2. The molecule has 0 amide bonds. The molecule has 0 aromatic heterocycles. The maximum atomic E-state index is 14.7. The van der Waals surface area contributed by atoms with Crippen LogP contribution < -0.4 is 5.30 Å². The highest BCUT2D eigenvalue weighted by atomic mass is 31.2. The molecule has 0 saturated heterocycles. The fraction of sp³-hybridized carbons (Fsp3) is 0.629. The predicted molar refractivity (Wildman–Crippen MR) is 172 cm³/mol. The lowest BCUT2D eigenvalue weighted by Crippen LogP contribution is -2.36. The smallest absolute Gasteiger partial charge is 0.301 e. The zero-order chi connectivity index (χ0) is 31.2. The lowest BCUT2D eigenvalue weighted by Gasteiger charge is -2.37. The van der Waals surface area contributed by atoms with Crippen LogP contribution >= 0.6 is 7.37 Å². The van der Waals surface area contributed by atoms with Gasteiger partial charge in [-0.1, -0.05) is 49.7 Å². The second-order valence-corrected chi connectivity index (χ2v) is 16.0. The van der Waals surface area contributed by atoms with Gasteiger partial charge in [0.15, 0.2) is 0 Å². The molecule has 2 unspecified atom stereocenters. The summed E-state index contributed by atoms with van der Waals surface area (Å²) < 4.78 is 33.5. The summed E-state index contributed by atoms with van der Waals surface area (Å²) in [6.45, 7) is 25.8. The normalized spacial score (nSPS) is 15.1. The Kier molecular flexibility index (Phi) is 12.2. The summed E-state index contributed by atoms with van der Waals surface area (Å²) in [6.07, 6.45) is 2.35. The minimum absolute atomic E-state index is 0.186. The van der Waals surface area contributed by atoms with Crippen molar-refractivity contribution in [2.45, 2.75) is 119 Å². The number of hydrogen-bond donors (Lipinski definition) is 0. The molecule has 2 aromatic rings. The van der Waals surface area contributed by atoms with E-state index in [1.54, 1.807) is 24.3 Å². The average molecular weight is 587 g/mol. The van der Waals surface area contributed by atoms with Gasteiger partial charge in [0.25, 0.3) is 5.52 Å². The van der Waals surface area contributed by atoms with Crippen LogP contribution in [0.3, 0.4) is 0 Å². The van der Waals surface area contributed by atoms with Crippen LogP contribution in [0, 0.1) is 32.6 Å². The first-order chi connectivity index (χ1) is 18.8. The number of rotatable bonds is 16. The van der Waals surface area contributed by atoms with Gasteiger partial charge in [0.05, 0.1) is 23.4 Å². The van der Waals surface area contributed by atoms with Crippen molar-refractivity contribution < 1.29 is 23.4 Å². The van der Waals surface area contributed by atoms with Crippen molar-refractivity contribution in [2.75, 3.05) is 13.2 Å². The van der Waals surface area contributed by atoms with Gasteiger partial charge in [-0.3, -0.25) is 9.36 Å². The Bertz CT molecular complexity index is 1170. The summed E-state index contributed by atoms with van der Waals surface area (Å²) >= 11 is 0. The molecule has 41 heavy (non-hydrogen) atoms. The van der Waals surface area contributed by atoms with Crippen molar-refractivity contribution in [3.05, 3.63) is 64.7 Å². The van der Waals surface area contributed by atoms with E-state index in [-0.39, 0.29) is 11.2 Å². The molecule has 6 heteroatoms. The first-order valence-electron chi connectivity index (χ1n) is 15.1. The van der Waals surface area contributed by atoms with E-state index in [1.165, 1.54) is 0 Å². The Morgan fingerprint density at radius 1 is 0.829 bits per heavy atom. The van der Waals surface area contributed by atoms with Crippen molar-refractivity contribution in [3.63, 3.8) is 0 Å². The molecular weight excluding hydrogens is 531 g/mol. The Morgan fingerprint density at radius 2 is 1.34 bits per heavy atom. The Morgan fingerprint density at radius 3 is 1.83 bits per heavy atom. The standard InChI is InChI=1S/C35H55O5P/c1-13-38-34(9,10)23-29(25(2)3)24-35(11,12)39-20-19-33(7,8)40-41(37,30-17-15-14-16-18-30)32(36)31-27(5)21-26(4)22-28(31)6/h14-18,21-22,25,29H,13,19-20,23-24H2,1-12H3. The van der Waals surface area contributed by atoms with Gasteiger partial charge in [0.1, 0.15) is 0 Å². The number of carbonyl (C=O) groups is 1. The van der Waals surface area contributed by atoms with Crippen molar-refractivity contribution in [1.29, 1.82) is 0 Å². The van der Waals surface area contributed by atoms with E-state index < -0.39 is 18.5 Å². The molecule has 0 aliphatic carbocycles. The van der Waals surface area contributed by atoms with Crippen LogP contribution in [0.25, 0.3) is 0 Å². The van der Waals surface area contributed by atoms with E-state index in [0.29, 0.717) is 42.3 Å². The van der Waals surface area contributed by atoms with Crippen molar-refractivity contribution in [1.82, 2.24) is 0 Å².